The Morgan fingerprint density at radius 1 is 1.04 bits per heavy atom. The van der Waals surface area contributed by atoms with Gasteiger partial charge in [0.1, 0.15) is 0 Å². The summed E-state index contributed by atoms with van der Waals surface area (Å²) in [4.78, 5) is 39.9. The molecular formula is C17H26N2O4. The smallest absolute Gasteiger partial charge is 0.333 e. The fourth-order valence-electron chi connectivity index (χ4n) is 2.08. The number of isocyanates is 2. The molecule has 0 aliphatic rings. The number of unbranched alkanes of at least 4 members (excludes halogenated alkanes) is 1. The zero-order valence-electron chi connectivity index (χ0n) is 14.5. The van der Waals surface area contributed by atoms with Gasteiger partial charge < -0.3 is 4.74 Å². The normalized spacial score (nSPS) is 13.2. The van der Waals surface area contributed by atoms with Gasteiger partial charge in [0, 0.05) is 12.0 Å². The van der Waals surface area contributed by atoms with Crippen molar-refractivity contribution in [3.63, 3.8) is 0 Å². The van der Waals surface area contributed by atoms with Crippen molar-refractivity contribution in [1.29, 1.82) is 0 Å². The molecule has 128 valence electrons. The first-order valence-electron chi connectivity index (χ1n) is 7.66. The molecule has 0 bridgehead atoms. The predicted molar refractivity (Wildman–Crippen MR) is 87.6 cm³/mol. The van der Waals surface area contributed by atoms with E-state index in [4.69, 9.17) is 4.74 Å². The van der Waals surface area contributed by atoms with Crippen LogP contribution in [0.1, 0.15) is 59.8 Å². The van der Waals surface area contributed by atoms with Crippen molar-refractivity contribution in [2.45, 2.75) is 70.9 Å². The van der Waals surface area contributed by atoms with Crippen LogP contribution in [0.25, 0.3) is 0 Å². The summed E-state index contributed by atoms with van der Waals surface area (Å²) in [7, 11) is 0. The topological polar surface area (TPSA) is 85.2 Å². The number of carbonyl (C=O) groups excluding carboxylic acids is 3. The summed E-state index contributed by atoms with van der Waals surface area (Å²) >= 11 is 0. The molecule has 1 atom stereocenters. The molecule has 0 fully saturated rings. The van der Waals surface area contributed by atoms with Gasteiger partial charge in [-0.3, -0.25) is 0 Å². The van der Waals surface area contributed by atoms with E-state index < -0.39 is 17.0 Å². The van der Waals surface area contributed by atoms with Gasteiger partial charge in [0.05, 0.1) is 17.7 Å². The Labute approximate surface area is 137 Å². The summed E-state index contributed by atoms with van der Waals surface area (Å²) in [5, 5.41) is 0. The molecular weight excluding hydrogens is 296 g/mol. The fourth-order valence-corrected chi connectivity index (χ4v) is 2.08. The Morgan fingerprint density at radius 3 is 2.13 bits per heavy atom. The number of nitrogens with zero attached hydrogens (tertiary/aromatic N) is 2. The monoisotopic (exact) mass is 322 g/mol. The molecule has 0 aliphatic carbocycles. The lowest BCUT2D eigenvalue weighted by Crippen LogP contribution is -2.25. The van der Waals surface area contributed by atoms with Crippen LogP contribution in [-0.4, -0.2) is 35.8 Å². The third-order valence-corrected chi connectivity index (χ3v) is 3.64. The standard InChI is InChI=1S/C17H26N2O4/c1-14(2)15(22)23-11-10-17(5,19-13-21)9-7-6-8-16(3,4)18-12-20/h1,6-11H2,2-5H3. The molecule has 0 aliphatic heterocycles. The lowest BCUT2D eigenvalue weighted by molar-refractivity contribution is -0.139. The summed E-state index contributed by atoms with van der Waals surface area (Å²) in [5.41, 5.74) is -0.707. The fraction of sp³-hybridized carbons (Fsp3) is 0.706. The average Bonchev–Trinajstić information content (AvgIpc) is 2.44. The summed E-state index contributed by atoms with van der Waals surface area (Å²) in [6, 6.07) is 0. The van der Waals surface area contributed by atoms with E-state index in [1.54, 1.807) is 19.1 Å². The average molecular weight is 322 g/mol. The highest BCUT2D eigenvalue weighted by Crippen LogP contribution is 2.25. The Bertz CT molecular complexity index is 515. The molecule has 0 heterocycles. The van der Waals surface area contributed by atoms with Crippen LogP contribution in [0.15, 0.2) is 22.1 Å². The maximum atomic E-state index is 11.3. The van der Waals surface area contributed by atoms with Gasteiger partial charge in [0.2, 0.25) is 12.2 Å². The second kappa shape index (κ2) is 9.88. The number of aliphatic imine (C=N–C) groups is 2. The van der Waals surface area contributed by atoms with Crippen LogP contribution in [0.5, 0.6) is 0 Å². The van der Waals surface area contributed by atoms with E-state index in [0.717, 1.165) is 19.3 Å². The Balaban J connectivity index is 4.38. The minimum Gasteiger partial charge on any atom is -0.462 e. The van der Waals surface area contributed by atoms with Gasteiger partial charge in [-0.2, -0.15) is 9.98 Å². The summed E-state index contributed by atoms with van der Waals surface area (Å²) in [6.07, 6.45) is 6.68. The zero-order valence-corrected chi connectivity index (χ0v) is 14.5. The lowest BCUT2D eigenvalue weighted by atomic mass is 9.89. The molecule has 0 radical (unpaired) electrons. The van der Waals surface area contributed by atoms with Crippen molar-refractivity contribution in [3.8, 4) is 0 Å². The van der Waals surface area contributed by atoms with E-state index in [0.29, 0.717) is 18.4 Å². The molecule has 6 nitrogen and oxygen atoms in total. The molecule has 0 aromatic heterocycles. The van der Waals surface area contributed by atoms with Gasteiger partial charge in [0.15, 0.2) is 0 Å². The minimum absolute atomic E-state index is 0.175. The molecule has 0 saturated heterocycles. The lowest BCUT2D eigenvalue weighted by Gasteiger charge is -2.24. The van der Waals surface area contributed by atoms with Gasteiger partial charge in [-0.05, 0) is 40.5 Å². The number of ether oxygens (including phenoxy) is 1. The first kappa shape index (κ1) is 21.0. The van der Waals surface area contributed by atoms with Crippen LogP contribution < -0.4 is 0 Å². The third kappa shape index (κ3) is 9.56. The molecule has 0 saturated carbocycles. The van der Waals surface area contributed by atoms with Crippen LogP contribution >= 0.6 is 0 Å². The van der Waals surface area contributed by atoms with Crippen molar-refractivity contribution >= 4 is 18.1 Å². The van der Waals surface area contributed by atoms with Crippen molar-refractivity contribution < 1.29 is 19.1 Å². The van der Waals surface area contributed by atoms with E-state index in [1.807, 2.05) is 20.8 Å². The highest BCUT2D eigenvalue weighted by molar-refractivity contribution is 5.86. The molecule has 0 rings (SSSR count). The Kier molecular flexibility index (Phi) is 9.01. The zero-order chi connectivity index (χ0) is 17.9. The number of esters is 1. The highest BCUT2D eigenvalue weighted by atomic mass is 16.5. The van der Waals surface area contributed by atoms with Crippen LogP contribution in [0.4, 0.5) is 0 Å². The SMILES string of the molecule is C=C(C)C(=O)OCCC(C)(CCCCC(C)(C)N=C=O)N=C=O. The van der Waals surface area contributed by atoms with E-state index >= 15 is 0 Å². The molecule has 0 spiro atoms. The van der Waals surface area contributed by atoms with Crippen LogP contribution in [0.2, 0.25) is 0 Å². The van der Waals surface area contributed by atoms with Crippen LogP contribution in [0, 0.1) is 0 Å². The van der Waals surface area contributed by atoms with Gasteiger partial charge in [-0.1, -0.05) is 19.4 Å². The first-order valence-corrected chi connectivity index (χ1v) is 7.66. The van der Waals surface area contributed by atoms with E-state index in [2.05, 4.69) is 16.6 Å². The molecule has 23 heavy (non-hydrogen) atoms. The number of carbonyl (C=O) groups is 1. The highest BCUT2D eigenvalue weighted by Gasteiger charge is 2.24. The van der Waals surface area contributed by atoms with Crippen LogP contribution in [-0.2, 0) is 19.1 Å². The minimum atomic E-state index is -0.616. The molecule has 1 unspecified atom stereocenters. The summed E-state index contributed by atoms with van der Waals surface area (Å²) in [6.45, 7) is 10.8. The van der Waals surface area contributed by atoms with Crippen LogP contribution in [0.3, 0.4) is 0 Å². The molecule has 6 heteroatoms. The Hall–Kier alpha value is -2.03. The van der Waals surface area contributed by atoms with Gasteiger partial charge in [-0.25, -0.2) is 14.4 Å². The quantitative estimate of drug-likeness (QED) is 0.192. The summed E-state index contributed by atoms with van der Waals surface area (Å²) in [5.74, 6) is -0.448. The molecule has 0 aromatic rings. The molecule has 0 amide bonds. The van der Waals surface area contributed by atoms with Gasteiger partial charge >= 0.3 is 5.97 Å². The Morgan fingerprint density at radius 2 is 1.61 bits per heavy atom. The van der Waals surface area contributed by atoms with Crippen molar-refractivity contribution in [3.05, 3.63) is 12.2 Å². The van der Waals surface area contributed by atoms with E-state index in [-0.39, 0.29) is 6.61 Å². The number of rotatable bonds is 11. The second-order valence-electron chi connectivity index (χ2n) is 6.59. The largest absolute Gasteiger partial charge is 0.462 e. The maximum absolute atomic E-state index is 11.3. The first-order chi connectivity index (χ1) is 10.7. The predicted octanol–water partition coefficient (Wildman–Crippen LogP) is 3.27. The number of hydrogen-bond acceptors (Lipinski definition) is 6. The van der Waals surface area contributed by atoms with Crippen molar-refractivity contribution in [2.24, 2.45) is 9.98 Å². The van der Waals surface area contributed by atoms with Gasteiger partial charge in [-0.15, -0.1) is 0 Å². The molecule has 0 N–H and O–H groups in total. The van der Waals surface area contributed by atoms with Crippen molar-refractivity contribution in [2.75, 3.05) is 6.61 Å². The van der Waals surface area contributed by atoms with Gasteiger partial charge in [0.25, 0.3) is 0 Å². The van der Waals surface area contributed by atoms with E-state index in [1.165, 1.54) is 0 Å². The maximum Gasteiger partial charge on any atom is 0.333 e. The second-order valence-corrected chi connectivity index (χ2v) is 6.59. The molecule has 0 aromatic carbocycles. The number of hydrogen-bond donors (Lipinski definition) is 0. The van der Waals surface area contributed by atoms with E-state index in [9.17, 15) is 14.4 Å². The third-order valence-electron chi connectivity index (χ3n) is 3.64. The summed E-state index contributed by atoms with van der Waals surface area (Å²) < 4.78 is 5.05. The van der Waals surface area contributed by atoms with Crippen molar-refractivity contribution in [1.82, 2.24) is 0 Å².